The summed E-state index contributed by atoms with van der Waals surface area (Å²) in [5.74, 6) is 0.451. The number of fused-ring (bicyclic) bond motifs is 1. The Kier molecular flexibility index (Phi) is 12.3. The number of thiazole rings is 1. The van der Waals surface area contributed by atoms with Crippen LogP contribution < -0.4 is 4.74 Å². The summed E-state index contributed by atoms with van der Waals surface area (Å²) in [6.07, 6.45) is 22.3. The molecule has 0 aliphatic carbocycles. The van der Waals surface area contributed by atoms with E-state index in [2.05, 4.69) is 54.9 Å². The molecule has 40 heavy (non-hydrogen) atoms. The molecule has 0 atom stereocenters. The number of imidazole rings is 1. The molecule has 0 fully saturated rings. The quantitative estimate of drug-likeness (QED) is 0.0693. The smallest absolute Gasteiger partial charge is 0.311 e. The second-order valence-corrected chi connectivity index (χ2v) is 12.0. The number of rotatable bonds is 18. The van der Waals surface area contributed by atoms with Crippen LogP contribution in [0.4, 0.5) is 0 Å². The maximum absolute atomic E-state index is 12.2. The van der Waals surface area contributed by atoms with E-state index in [0.717, 1.165) is 29.1 Å². The molecule has 0 radical (unpaired) electrons. The molecule has 0 saturated heterocycles. The molecule has 0 aliphatic heterocycles. The van der Waals surface area contributed by atoms with Gasteiger partial charge in [0, 0.05) is 24.4 Å². The second-order valence-electron chi connectivity index (χ2n) is 11.0. The van der Waals surface area contributed by atoms with E-state index in [0.29, 0.717) is 12.2 Å². The fourth-order valence-electron chi connectivity index (χ4n) is 5.12. The monoisotopic (exact) mass is 558 g/mol. The van der Waals surface area contributed by atoms with Gasteiger partial charge in [0.05, 0.1) is 10.6 Å². The Balaban J connectivity index is 1.24. The average molecular weight is 559 g/mol. The molecule has 0 amide bonds. The van der Waals surface area contributed by atoms with Gasteiger partial charge >= 0.3 is 5.97 Å². The van der Waals surface area contributed by atoms with Gasteiger partial charge in [-0.1, -0.05) is 120 Å². The fraction of sp³-hybridized carbons (Fsp3) is 0.486. The molecule has 0 N–H and O–H groups in total. The summed E-state index contributed by atoms with van der Waals surface area (Å²) in [6, 6.07) is 16.7. The Hall–Kier alpha value is -2.92. The Morgan fingerprint density at radius 2 is 1.32 bits per heavy atom. The molecular weight excluding hydrogens is 512 g/mol. The van der Waals surface area contributed by atoms with Crippen molar-refractivity contribution in [2.24, 2.45) is 0 Å². The highest BCUT2D eigenvalue weighted by Gasteiger charge is 2.11. The molecular formula is C35H46N2O2S. The van der Waals surface area contributed by atoms with Crippen molar-refractivity contribution in [1.29, 1.82) is 0 Å². The lowest BCUT2D eigenvalue weighted by Crippen LogP contribution is -2.07. The normalized spacial score (nSPS) is 11.3. The molecule has 4 nitrogen and oxygen atoms in total. The van der Waals surface area contributed by atoms with E-state index >= 15 is 0 Å². The summed E-state index contributed by atoms with van der Waals surface area (Å²) in [4.78, 5) is 19.3. The van der Waals surface area contributed by atoms with Crippen LogP contribution in [0.2, 0.25) is 0 Å². The first kappa shape index (κ1) is 30.0. The summed E-state index contributed by atoms with van der Waals surface area (Å²) >= 11 is 1.71. The number of nitrogens with zero attached hydrogens (tertiary/aromatic N) is 2. The lowest BCUT2D eigenvalue weighted by molar-refractivity contribution is -0.134. The Labute approximate surface area is 244 Å². The van der Waals surface area contributed by atoms with Crippen molar-refractivity contribution >= 4 is 22.3 Å². The first-order chi connectivity index (χ1) is 19.7. The number of aryl methyl sites for hydroxylation is 1. The minimum absolute atomic E-state index is 0.146. The van der Waals surface area contributed by atoms with Gasteiger partial charge in [0.2, 0.25) is 0 Å². The van der Waals surface area contributed by atoms with E-state index in [1.165, 1.54) is 93.1 Å². The minimum Gasteiger partial charge on any atom is -0.427 e. The van der Waals surface area contributed by atoms with Crippen molar-refractivity contribution in [3.8, 4) is 27.4 Å². The van der Waals surface area contributed by atoms with Crippen LogP contribution in [-0.2, 0) is 11.2 Å². The maximum atomic E-state index is 12.2. The highest BCUT2D eigenvalue weighted by Crippen LogP contribution is 2.31. The van der Waals surface area contributed by atoms with Crippen LogP contribution in [0.15, 0.2) is 60.9 Å². The van der Waals surface area contributed by atoms with Crippen molar-refractivity contribution in [2.75, 3.05) is 0 Å². The molecule has 4 rings (SSSR count). The van der Waals surface area contributed by atoms with Crippen molar-refractivity contribution < 1.29 is 9.53 Å². The number of carbonyl (C=O) groups excluding carboxylic acids is 1. The highest BCUT2D eigenvalue weighted by molar-refractivity contribution is 7.20. The van der Waals surface area contributed by atoms with Gasteiger partial charge in [-0.05, 0) is 54.7 Å². The van der Waals surface area contributed by atoms with Crippen molar-refractivity contribution in [3.05, 3.63) is 66.5 Å². The van der Waals surface area contributed by atoms with E-state index in [9.17, 15) is 4.79 Å². The van der Waals surface area contributed by atoms with Gasteiger partial charge < -0.3 is 4.74 Å². The van der Waals surface area contributed by atoms with Crippen LogP contribution in [0, 0.1) is 0 Å². The van der Waals surface area contributed by atoms with E-state index < -0.39 is 0 Å². The van der Waals surface area contributed by atoms with Gasteiger partial charge in [-0.3, -0.25) is 9.20 Å². The molecule has 5 heteroatoms. The lowest BCUT2D eigenvalue weighted by Gasteiger charge is -2.05. The number of aromatic nitrogens is 2. The zero-order chi connectivity index (χ0) is 28.0. The van der Waals surface area contributed by atoms with E-state index in [-0.39, 0.29) is 5.97 Å². The van der Waals surface area contributed by atoms with Crippen LogP contribution in [0.25, 0.3) is 26.7 Å². The molecule has 2 heterocycles. The number of hydrogen-bond acceptors (Lipinski definition) is 4. The number of unbranched alkanes of at least 4 members (excludes halogenated alkanes) is 11. The first-order valence-corrected chi connectivity index (χ1v) is 16.4. The molecule has 0 aliphatic rings. The van der Waals surface area contributed by atoms with Gasteiger partial charge in [-0.2, -0.15) is 0 Å². The molecule has 2 aromatic heterocycles. The predicted octanol–water partition coefficient (Wildman–Crippen LogP) is 10.7. The summed E-state index contributed by atoms with van der Waals surface area (Å²) in [7, 11) is 0. The zero-order valence-electron chi connectivity index (χ0n) is 24.5. The van der Waals surface area contributed by atoms with Gasteiger partial charge in [-0.25, -0.2) is 4.98 Å². The molecule has 0 saturated carbocycles. The van der Waals surface area contributed by atoms with Gasteiger partial charge in [0.15, 0.2) is 4.96 Å². The highest BCUT2D eigenvalue weighted by atomic mass is 32.1. The number of benzene rings is 2. The van der Waals surface area contributed by atoms with Gasteiger partial charge in [0.1, 0.15) is 5.75 Å². The minimum atomic E-state index is -0.146. The SMILES string of the molecule is CCCCCCCCCC(=O)Oc1ccc(-c2cn3cc(-c4ccc(CCCCCCCC)cc4)sc3n2)cc1. The summed E-state index contributed by atoms with van der Waals surface area (Å²) in [5.41, 5.74) is 4.61. The van der Waals surface area contributed by atoms with E-state index in [1.54, 1.807) is 11.3 Å². The van der Waals surface area contributed by atoms with Gasteiger partial charge in [-0.15, -0.1) is 0 Å². The third-order valence-electron chi connectivity index (χ3n) is 7.58. The summed E-state index contributed by atoms with van der Waals surface area (Å²) in [6.45, 7) is 4.50. The van der Waals surface area contributed by atoms with Crippen LogP contribution >= 0.6 is 11.3 Å². The van der Waals surface area contributed by atoms with Gasteiger partial charge in [0.25, 0.3) is 0 Å². The van der Waals surface area contributed by atoms with Crippen LogP contribution in [-0.4, -0.2) is 15.4 Å². The maximum Gasteiger partial charge on any atom is 0.311 e. The number of hydrogen-bond donors (Lipinski definition) is 0. The number of ether oxygens (including phenoxy) is 1. The van der Waals surface area contributed by atoms with Crippen LogP contribution in [0.5, 0.6) is 5.75 Å². The lowest BCUT2D eigenvalue weighted by atomic mass is 10.0. The second kappa shape index (κ2) is 16.4. The van der Waals surface area contributed by atoms with E-state index in [4.69, 9.17) is 9.72 Å². The molecule has 4 aromatic rings. The average Bonchev–Trinajstić information content (AvgIpc) is 3.55. The zero-order valence-corrected chi connectivity index (χ0v) is 25.3. The van der Waals surface area contributed by atoms with E-state index in [1.807, 2.05) is 24.3 Å². The van der Waals surface area contributed by atoms with Crippen molar-refractivity contribution in [3.63, 3.8) is 0 Å². The fourth-order valence-corrected chi connectivity index (χ4v) is 6.09. The molecule has 2 aromatic carbocycles. The molecule has 214 valence electrons. The number of carbonyl (C=O) groups is 1. The van der Waals surface area contributed by atoms with Crippen LogP contribution in [0.3, 0.4) is 0 Å². The van der Waals surface area contributed by atoms with Crippen molar-refractivity contribution in [2.45, 2.75) is 110 Å². The Bertz CT molecular complexity index is 1260. The molecule has 0 unspecified atom stereocenters. The third kappa shape index (κ3) is 9.33. The third-order valence-corrected chi connectivity index (χ3v) is 8.63. The molecule has 0 bridgehead atoms. The molecule has 0 spiro atoms. The van der Waals surface area contributed by atoms with Crippen LogP contribution in [0.1, 0.15) is 109 Å². The Morgan fingerprint density at radius 3 is 1.98 bits per heavy atom. The summed E-state index contributed by atoms with van der Waals surface area (Å²) in [5, 5.41) is 0. The topological polar surface area (TPSA) is 43.6 Å². The first-order valence-electron chi connectivity index (χ1n) is 15.5. The Morgan fingerprint density at radius 1 is 0.725 bits per heavy atom. The van der Waals surface area contributed by atoms with Crippen molar-refractivity contribution in [1.82, 2.24) is 9.38 Å². The summed E-state index contributed by atoms with van der Waals surface area (Å²) < 4.78 is 7.65. The largest absolute Gasteiger partial charge is 0.427 e. The number of esters is 1. The predicted molar refractivity (Wildman–Crippen MR) is 169 cm³/mol. The standard InChI is InChI=1S/C35H46N2O2S/c1-3-5-7-9-11-13-15-17-34(38)39-31-24-22-29(23-25-31)32-26-37-27-33(40-35(37)36-32)30-20-18-28(19-21-30)16-14-12-10-8-6-4-2/h18-27H,3-17H2,1-2H3.